The molecule has 0 rings (SSSR count). The number of rotatable bonds is 0. The summed E-state index contributed by atoms with van der Waals surface area (Å²) < 4.78 is 118. The average Bonchev–Trinajstić information content (AvgIpc) is 1.77. The van der Waals surface area contributed by atoms with Gasteiger partial charge in [0.15, 0.2) is 20.2 Å². The largest absolute Gasteiger partial charge is 6.00 e. The second kappa shape index (κ2) is 6.31. The summed E-state index contributed by atoms with van der Waals surface area (Å²) in [4.78, 5) is 0. The van der Waals surface area contributed by atoms with E-state index in [9.17, 15) is 26.3 Å². The minimum Gasteiger partial charge on any atom is -0.741 e. The van der Waals surface area contributed by atoms with Crippen molar-refractivity contribution in [3.05, 3.63) is 0 Å². The van der Waals surface area contributed by atoms with Gasteiger partial charge in [0.2, 0.25) is 0 Å². The molecule has 0 aromatic heterocycles. The Morgan fingerprint density at radius 2 is 0.706 bits per heavy atom. The van der Waals surface area contributed by atoms with Gasteiger partial charge in [0.25, 0.3) is 0 Å². The van der Waals surface area contributed by atoms with Crippen LogP contribution in [0.3, 0.4) is 0 Å². The summed E-state index contributed by atoms with van der Waals surface area (Å²) in [5.74, 6) is 0. The Labute approximate surface area is 105 Å². The van der Waals surface area contributed by atoms with Crippen LogP contribution in [-0.4, -0.2) is 37.0 Å². The molecule has 6 nitrogen and oxygen atoms in total. The Hall–Kier alpha value is 0.0883. The van der Waals surface area contributed by atoms with Crippen LogP contribution in [0.4, 0.5) is 26.3 Å². The van der Waals surface area contributed by atoms with Gasteiger partial charge in [-0.15, -0.1) is 0 Å². The molecule has 0 aliphatic heterocycles. The van der Waals surface area contributed by atoms with Gasteiger partial charge in [0.05, 0.1) is 0 Å². The normalized spacial score (nSPS) is 13.2. The molecule has 15 heteroatoms. The molecule has 0 radical (unpaired) electrons. The average molecular weight is 394 g/mol. The third-order valence-electron chi connectivity index (χ3n) is 0.567. The third-order valence-corrected chi connectivity index (χ3v) is 1.70. The van der Waals surface area contributed by atoms with Crippen LogP contribution in [0.5, 0.6) is 0 Å². The van der Waals surface area contributed by atoms with Crippen molar-refractivity contribution < 1.29 is 73.3 Å². The molecule has 0 aromatic rings. The van der Waals surface area contributed by atoms with E-state index in [1.54, 1.807) is 0 Å². The molecule has 0 aromatic carbocycles. The minimum atomic E-state index is -6.09. The number of alkyl halides is 6. The first-order valence-electron chi connectivity index (χ1n) is 2.54. The maximum atomic E-state index is 10.7. The van der Waals surface area contributed by atoms with Gasteiger partial charge < -0.3 is 9.11 Å². The molecule has 0 saturated carbocycles. The van der Waals surface area contributed by atoms with E-state index in [2.05, 4.69) is 0 Å². The van der Waals surface area contributed by atoms with Crippen LogP contribution in [0.2, 0.25) is 0 Å². The zero-order chi connectivity index (χ0) is 14.0. The van der Waals surface area contributed by atoms with Gasteiger partial charge >= 0.3 is 32.1 Å². The van der Waals surface area contributed by atoms with Crippen LogP contribution in [0.1, 0.15) is 0 Å². The van der Waals surface area contributed by atoms with Gasteiger partial charge in [0, 0.05) is 0 Å². The molecule has 17 heavy (non-hydrogen) atoms. The summed E-state index contributed by atoms with van der Waals surface area (Å²) >= 11 is 0. The maximum Gasteiger partial charge on any atom is 6.00 e. The molecule has 0 amide bonds. The Kier molecular flexibility index (Phi) is 8.27. The van der Waals surface area contributed by atoms with E-state index < -0.39 is 31.3 Å². The first kappa shape index (κ1) is 22.3. The topological polar surface area (TPSA) is 114 Å². The predicted octanol–water partition coefficient (Wildman–Crippen LogP) is 0.100. The molecular formula is C2F6MoO6S2+4. The fourth-order valence-electron chi connectivity index (χ4n) is 0. The summed E-state index contributed by atoms with van der Waals surface area (Å²) in [6.45, 7) is 0. The summed E-state index contributed by atoms with van der Waals surface area (Å²) in [5.41, 5.74) is -11.3. The summed E-state index contributed by atoms with van der Waals surface area (Å²) in [6.07, 6.45) is 0. The van der Waals surface area contributed by atoms with E-state index in [1.807, 2.05) is 0 Å². The molecule has 100 valence electrons. The Bertz CT molecular complexity index is 374. The van der Waals surface area contributed by atoms with Crippen LogP contribution >= 0.6 is 0 Å². The van der Waals surface area contributed by atoms with Crippen molar-refractivity contribution in [2.24, 2.45) is 0 Å². The van der Waals surface area contributed by atoms with E-state index in [-0.39, 0.29) is 21.1 Å². The van der Waals surface area contributed by atoms with E-state index >= 15 is 0 Å². The Morgan fingerprint density at radius 1 is 0.647 bits per heavy atom. The fourth-order valence-corrected chi connectivity index (χ4v) is 0. The second-order valence-corrected chi connectivity index (χ2v) is 4.54. The smallest absolute Gasteiger partial charge is 0.741 e. The van der Waals surface area contributed by atoms with Crippen molar-refractivity contribution in [2.75, 3.05) is 0 Å². The molecule has 0 atom stereocenters. The van der Waals surface area contributed by atoms with E-state index in [1.165, 1.54) is 0 Å². The Morgan fingerprint density at radius 3 is 0.706 bits per heavy atom. The summed E-state index contributed by atoms with van der Waals surface area (Å²) in [6, 6.07) is 0. The van der Waals surface area contributed by atoms with E-state index in [4.69, 9.17) is 25.9 Å². The van der Waals surface area contributed by atoms with E-state index in [0.29, 0.717) is 0 Å². The molecule has 0 saturated heterocycles. The van der Waals surface area contributed by atoms with Gasteiger partial charge in [-0.2, -0.15) is 26.3 Å². The monoisotopic (exact) mass is 396 g/mol. The van der Waals surface area contributed by atoms with Gasteiger partial charge in [0.1, 0.15) is 0 Å². The molecule has 0 bridgehead atoms. The van der Waals surface area contributed by atoms with Crippen molar-refractivity contribution in [1.29, 1.82) is 0 Å². The van der Waals surface area contributed by atoms with Gasteiger partial charge in [-0.25, -0.2) is 16.8 Å². The van der Waals surface area contributed by atoms with Crippen molar-refractivity contribution in [1.82, 2.24) is 0 Å². The van der Waals surface area contributed by atoms with Crippen molar-refractivity contribution in [3.63, 3.8) is 0 Å². The predicted molar refractivity (Wildman–Crippen MR) is 31.5 cm³/mol. The van der Waals surface area contributed by atoms with Crippen molar-refractivity contribution >= 4 is 20.2 Å². The zero-order valence-corrected chi connectivity index (χ0v) is 10.6. The quantitative estimate of drug-likeness (QED) is 0.249. The standard InChI is InChI=1S/2CHF3O3S.Mo/c2*2-1(3,4)8(5,6)7;/h2*(H,5,6,7);/q;;+6/p-2. The van der Waals surface area contributed by atoms with Crippen molar-refractivity contribution in [2.45, 2.75) is 11.0 Å². The maximum absolute atomic E-state index is 10.7. The van der Waals surface area contributed by atoms with E-state index in [0.717, 1.165) is 0 Å². The SMILES string of the molecule is O=S(=O)([O-])C(F)(F)F.O=S(=O)([O-])C(F)(F)F.[Mo+6]. The summed E-state index contributed by atoms with van der Waals surface area (Å²) in [5, 5.41) is 0. The number of halogens is 6. The molecule has 0 aliphatic rings. The first-order valence-corrected chi connectivity index (χ1v) is 5.36. The van der Waals surface area contributed by atoms with Gasteiger partial charge in [-0.05, 0) is 0 Å². The second-order valence-electron chi connectivity index (χ2n) is 1.80. The van der Waals surface area contributed by atoms with Crippen molar-refractivity contribution in [3.8, 4) is 0 Å². The third kappa shape index (κ3) is 9.76. The molecule has 0 heterocycles. The van der Waals surface area contributed by atoms with Crippen LogP contribution in [0.15, 0.2) is 0 Å². The molecule has 0 N–H and O–H groups in total. The van der Waals surface area contributed by atoms with Gasteiger partial charge in [-0.3, -0.25) is 0 Å². The minimum absolute atomic E-state index is 0. The van der Waals surface area contributed by atoms with Gasteiger partial charge in [-0.1, -0.05) is 0 Å². The fraction of sp³-hybridized carbons (Fsp3) is 1.00. The molecule has 0 spiro atoms. The number of hydrogen-bond acceptors (Lipinski definition) is 6. The van der Waals surface area contributed by atoms with Crippen LogP contribution in [0.25, 0.3) is 0 Å². The summed E-state index contributed by atoms with van der Waals surface area (Å²) in [7, 11) is -12.2. The first-order chi connectivity index (χ1) is 6.50. The van der Waals surface area contributed by atoms with Crippen LogP contribution in [-0.2, 0) is 41.3 Å². The zero-order valence-electron chi connectivity index (χ0n) is 6.94. The molecule has 0 unspecified atom stereocenters. The van der Waals surface area contributed by atoms with Crippen LogP contribution in [0, 0.1) is 0 Å². The molecular weight excluding hydrogens is 394 g/mol. The molecule has 0 fully saturated rings. The number of hydrogen-bond donors (Lipinski definition) is 0. The van der Waals surface area contributed by atoms with Crippen LogP contribution < -0.4 is 0 Å². The Balaban J connectivity index is -0.000000218. The molecule has 0 aliphatic carbocycles.